The Kier molecular flexibility index (Phi) is 13.2. The van der Waals surface area contributed by atoms with E-state index in [2.05, 4.69) is 0 Å². The summed E-state index contributed by atoms with van der Waals surface area (Å²) in [6.45, 7) is 21.7. The summed E-state index contributed by atoms with van der Waals surface area (Å²) in [5.74, 6) is -0.417. The Morgan fingerprint density at radius 3 is 0.815 bits per heavy atom. The molecule has 0 aromatic rings. The van der Waals surface area contributed by atoms with Crippen molar-refractivity contribution in [1.82, 2.24) is 0 Å². The van der Waals surface area contributed by atoms with Crippen molar-refractivity contribution in [2.24, 2.45) is 21.7 Å². The van der Waals surface area contributed by atoms with Crippen molar-refractivity contribution in [2.75, 3.05) is 0 Å². The minimum Gasteiger partial charge on any atom is -0.875 e. The van der Waals surface area contributed by atoms with Crippen molar-refractivity contribution in [2.45, 2.75) is 83.1 Å². The van der Waals surface area contributed by atoms with Gasteiger partial charge in [-0.1, -0.05) is 83.1 Å². The average molecular weight is 504 g/mol. The fourth-order valence-electron chi connectivity index (χ4n) is 1.10. The molecule has 0 unspecified atom stereocenters. The monoisotopic (exact) mass is 504 g/mol. The fourth-order valence-corrected chi connectivity index (χ4v) is 1.10. The number of ketones is 2. The molecule has 0 rings (SSSR count). The van der Waals surface area contributed by atoms with Gasteiger partial charge in [-0.3, -0.25) is 9.59 Å². The Hall–Kier alpha value is -0.00857. The van der Waals surface area contributed by atoms with E-state index in [1.54, 1.807) is 0 Å². The molecule has 0 radical (unpaired) electrons. The largest absolute Gasteiger partial charge is 2.00 e. The van der Waals surface area contributed by atoms with Crippen molar-refractivity contribution in [3.8, 4) is 0 Å². The Morgan fingerprint density at radius 1 is 0.519 bits per heavy atom. The summed E-state index contributed by atoms with van der Waals surface area (Å²) in [6.07, 6.45) is 2.44. The van der Waals surface area contributed by atoms with Gasteiger partial charge < -0.3 is 10.2 Å². The van der Waals surface area contributed by atoms with Crippen LogP contribution in [-0.4, -0.2) is 60.4 Å². The number of hydrogen-bond acceptors (Lipinski definition) is 4. The molecular weight excluding hydrogens is 466 g/mol. The average Bonchev–Trinajstić information content (AvgIpc) is 2.34. The van der Waals surface area contributed by atoms with Gasteiger partial charge in [-0.15, -0.1) is 11.5 Å². The van der Waals surface area contributed by atoms with Gasteiger partial charge in [0.05, 0.1) is 0 Å². The normalized spacial score (nSPS) is 13.9. The van der Waals surface area contributed by atoms with E-state index in [9.17, 15) is 19.8 Å². The predicted molar refractivity (Wildman–Crippen MR) is 110 cm³/mol. The summed E-state index contributed by atoms with van der Waals surface area (Å²) in [6, 6.07) is 0. The molecule has 4 nitrogen and oxygen atoms in total. The quantitative estimate of drug-likeness (QED) is 0.329. The number of rotatable bonds is 2. The minimum atomic E-state index is -0.457. The first kappa shape index (κ1) is 31.7. The maximum absolute atomic E-state index is 11.4. The van der Waals surface area contributed by atoms with Gasteiger partial charge in [0.15, 0.2) is 11.6 Å². The van der Waals surface area contributed by atoms with Crippen LogP contribution in [0, 0.1) is 21.7 Å². The second kappa shape index (κ2) is 11.2. The Morgan fingerprint density at radius 2 is 0.704 bits per heavy atom. The van der Waals surface area contributed by atoms with E-state index in [1.165, 1.54) is 12.2 Å². The van der Waals surface area contributed by atoms with Crippen molar-refractivity contribution in [1.29, 1.82) is 0 Å². The van der Waals surface area contributed by atoms with Crippen LogP contribution in [0.4, 0.5) is 0 Å². The SMILES string of the molecule is CC(C)(C)C(=O)/C=C(\[O-])C(C)(C)C.CC(C)(C)C(=O)/C=C(\[O-])C(C)(C)C.[Ba+2]. The van der Waals surface area contributed by atoms with Crippen molar-refractivity contribution < 1.29 is 19.8 Å². The minimum absolute atomic E-state index is 0. The van der Waals surface area contributed by atoms with Gasteiger partial charge in [-0.2, -0.15) is 0 Å². The number of allylic oxidation sites excluding steroid dienone is 4. The molecule has 0 saturated carbocycles. The first-order chi connectivity index (χ1) is 11.1. The van der Waals surface area contributed by atoms with Gasteiger partial charge in [0.25, 0.3) is 0 Å². The van der Waals surface area contributed by atoms with E-state index in [0.29, 0.717) is 0 Å². The zero-order valence-corrected chi connectivity index (χ0v) is 23.9. The van der Waals surface area contributed by atoms with Gasteiger partial charge in [-0.05, 0) is 23.0 Å². The molecule has 27 heavy (non-hydrogen) atoms. The van der Waals surface area contributed by atoms with Crippen LogP contribution in [0.3, 0.4) is 0 Å². The third kappa shape index (κ3) is 14.6. The second-order valence-electron chi connectivity index (χ2n) is 10.7. The van der Waals surface area contributed by atoms with E-state index in [-0.39, 0.29) is 72.0 Å². The smallest absolute Gasteiger partial charge is 0.875 e. The fraction of sp³-hybridized carbons (Fsp3) is 0.727. The first-order valence-corrected chi connectivity index (χ1v) is 8.97. The summed E-state index contributed by atoms with van der Waals surface area (Å²) < 4.78 is 0. The van der Waals surface area contributed by atoms with Crippen LogP contribution < -0.4 is 10.2 Å². The van der Waals surface area contributed by atoms with Crippen LogP contribution in [0.1, 0.15) is 83.1 Å². The topological polar surface area (TPSA) is 80.3 Å². The van der Waals surface area contributed by atoms with Crippen LogP contribution in [-0.2, 0) is 9.59 Å². The molecule has 0 bridgehead atoms. The molecule has 0 atom stereocenters. The third-order valence-corrected chi connectivity index (χ3v) is 3.48. The zero-order valence-electron chi connectivity index (χ0n) is 19.5. The van der Waals surface area contributed by atoms with Gasteiger partial charge >= 0.3 is 48.9 Å². The van der Waals surface area contributed by atoms with Crippen LogP contribution in [0.5, 0.6) is 0 Å². The van der Waals surface area contributed by atoms with Crippen LogP contribution in [0.25, 0.3) is 0 Å². The molecule has 0 amide bonds. The molecule has 0 aromatic heterocycles. The zero-order chi connectivity index (χ0) is 21.7. The molecule has 0 heterocycles. The molecule has 0 aliphatic heterocycles. The Labute approximate surface area is 207 Å². The molecular formula is C22H38BaO4. The maximum Gasteiger partial charge on any atom is 2.00 e. The molecule has 0 saturated heterocycles. The van der Waals surface area contributed by atoms with Crippen LogP contribution in [0.15, 0.2) is 23.7 Å². The van der Waals surface area contributed by atoms with Gasteiger partial charge in [0.2, 0.25) is 0 Å². The van der Waals surface area contributed by atoms with Gasteiger partial charge in [-0.25, -0.2) is 0 Å². The number of carbonyl (C=O) groups is 2. The molecule has 0 fully saturated rings. The van der Waals surface area contributed by atoms with E-state index >= 15 is 0 Å². The van der Waals surface area contributed by atoms with E-state index in [0.717, 1.165) is 0 Å². The summed E-state index contributed by atoms with van der Waals surface area (Å²) in [5, 5.41) is 22.9. The Balaban J connectivity index is -0.000000411. The number of carbonyl (C=O) groups excluding carboxylic acids is 2. The van der Waals surface area contributed by atoms with Gasteiger partial charge in [0.1, 0.15) is 0 Å². The molecule has 0 aromatic carbocycles. The van der Waals surface area contributed by atoms with Crippen LogP contribution in [0.2, 0.25) is 0 Å². The van der Waals surface area contributed by atoms with Crippen molar-refractivity contribution in [3.05, 3.63) is 23.7 Å². The second-order valence-corrected chi connectivity index (χ2v) is 10.7. The summed E-state index contributed by atoms with van der Waals surface area (Å²) in [5.41, 5.74) is -1.83. The molecule has 0 spiro atoms. The van der Waals surface area contributed by atoms with E-state index < -0.39 is 21.7 Å². The third-order valence-electron chi connectivity index (χ3n) is 3.48. The Bertz CT molecular complexity index is 505. The summed E-state index contributed by atoms with van der Waals surface area (Å²) in [7, 11) is 0. The maximum atomic E-state index is 11.4. The predicted octanol–water partition coefficient (Wildman–Crippen LogP) is 3.40. The van der Waals surface area contributed by atoms with Gasteiger partial charge in [0, 0.05) is 10.8 Å². The number of hydrogen-bond donors (Lipinski definition) is 0. The van der Waals surface area contributed by atoms with Crippen molar-refractivity contribution >= 4 is 60.4 Å². The molecule has 152 valence electrons. The molecule has 5 heteroatoms. The van der Waals surface area contributed by atoms with E-state index in [1.807, 2.05) is 83.1 Å². The standard InChI is InChI=1S/2C11H20O2.Ba/c2*1-10(2,3)8(12)7-9(13)11(4,5)6;/h2*7,12H,1-6H3;/q;;+2/p-2/b2*8-7-;. The van der Waals surface area contributed by atoms with Crippen molar-refractivity contribution in [3.63, 3.8) is 0 Å². The summed E-state index contributed by atoms with van der Waals surface area (Å²) >= 11 is 0. The summed E-state index contributed by atoms with van der Waals surface area (Å²) in [4.78, 5) is 22.9. The molecule has 0 aliphatic carbocycles. The van der Waals surface area contributed by atoms with Crippen LogP contribution >= 0.6 is 0 Å². The first-order valence-electron chi connectivity index (χ1n) is 8.97. The molecule has 0 N–H and O–H groups in total. The van der Waals surface area contributed by atoms with E-state index in [4.69, 9.17) is 0 Å². The molecule has 0 aliphatic rings.